The Hall–Kier alpha value is -1.55. The molecule has 0 spiro atoms. The van der Waals surface area contributed by atoms with Crippen LogP contribution in [0.4, 0.5) is 0 Å². The maximum atomic E-state index is 11.3. The SMILES string of the molecule is CC[C@H](N)C(=O)OCc1ccc(OC)cc1. The monoisotopic (exact) mass is 223 g/mol. The first-order valence-electron chi connectivity index (χ1n) is 5.22. The van der Waals surface area contributed by atoms with Gasteiger partial charge in [0.1, 0.15) is 18.4 Å². The largest absolute Gasteiger partial charge is 0.497 e. The van der Waals surface area contributed by atoms with Gasteiger partial charge in [0.15, 0.2) is 0 Å². The van der Waals surface area contributed by atoms with Crippen molar-refractivity contribution in [3.63, 3.8) is 0 Å². The molecule has 0 aliphatic carbocycles. The van der Waals surface area contributed by atoms with Crippen LogP contribution in [-0.4, -0.2) is 19.1 Å². The number of nitrogens with two attached hydrogens (primary N) is 1. The van der Waals surface area contributed by atoms with Crippen LogP contribution in [0.1, 0.15) is 18.9 Å². The molecule has 2 N–H and O–H groups in total. The molecule has 1 atom stereocenters. The lowest BCUT2D eigenvalue weighted by Gasteiger charge is -2.09. The summed E-state index contributed by atoms with van der Waals surface area (Å²) in [5.41, 5.74) is 6.45. The molecule has 1 aromatic rings. The second-order valence-electron chi connectivity index (χ2n) is 3.47. The molecule has 0 aliphatic rings. The molecule has 16 heavy (non-hydrogen) atoms. The van der Waals surface area contributed by atoms with Gasteiger partial charge in [-0.15, -0.1) is 0 Å². The number of ether oxygens (including phenoxy) is 2. The van der Waals surface area contributed by atoms with Crippen LogP contribution in [0.15, 0.2) is 24.3 Å². The van der Waals surface area contributed by atoms with Gasteiger partial charge in [0.2, 0.25) is 0 Å². The van der Waals surface area contributed by atoms with Crippen molar-refractivity contribution in [2.24, 2.45) is 5.73 Å². The highest BCUT2D eigenvalue weighted by molar-refractivity contribution is 5.75. The summed E-state index contributed by atoms with van der Waals surface area (Å²) >= 11 is 0. The molecule has 0 saturated heterocycles. The molecule has 1 aromatic carbocycles. The van der Waals surface area contributed by atoms with Gasteiger partial charge in [-0.1, -0.05) is 19.1 Å². The molecular formula is C12H17NO3. The number of benzene rings is 1. The molecule has 0 amide bonds. The minimum Gasteiger partial charge on any atom is -0.497 e. The van der Waals surface area contributed by atoms with Gasteiger partial charge >= 0.3 is 5.97 Å². The van der Waals surface area contributed by atoms with Crippen LogP contribution in [0.5, 0.6) is 5.75 Å². The van der Waals surface area contributed by atoms with E-state index in [1.807, 2.05) is 31.2 Å². The lowest BCUT2D eigenvalue weighted by molar-refractivity contribution is -0.146. The topological polar surface area (TPSA) is 61.6 Å². The molecule has 0 unspecified atom stereocenters. The van der Waals surface area contributed by atoms with E-state index >= 15 is 0 Å². The highest BCUT2D eigenvalue weighted by Gasteiger charge is 2.12. The average molecular weight is 223 g/mol. The summed E-state index contributed by atoms with van der Waals surface area (Å²) < 4.78 is 10.1. The van der Waals surface area contributed by atoms with Gasteiger partial charge in [0, 0.05) is 0 Å². The Morgan fingerprint density at radius 1 is 1.38 bits per heavy atom. The Morgan fingerprint density at radius 2 is 2.00 bits per heavy atom. The van der Waals surface area contributed by atoms with Gasteiger partial charge in [-0.05, 0) is 24.1 Å². The predicted octanol–water partition coefficient (Wildman–Crippen LogP) is 1.48. The van der Waals surface area contributed by atoms with Gasteiger partial charge in [-0.3, -0.25) is 4.79 Å². The number of methoxy groups -OCH3 is 1. The van der Waals surface area contributed by atoms with Crippen LogP contribution in [0.3, 0.4) is 0 Å². The van der Waals surface area contributed by atoms with E-state index in [1.54, 1.807) is 7.11 Å². The highest BCUT2D eigenvalue weighted by Crippen LogP contribution is 2.12. The van der Waals surface area contributed by atoms with Crippen molar-refractivity contribution >= 4 is 5.97 Å². The van der Waals surface area contributed by atoms with E-state index in [4.69, 9.17) is 15.2 Å². The molecule has 0 bridgehead atoms. The molecule has 0 saturated carbocycles. The van der Waals surface area contributed by atoms with Gasteiger partial charge in [0.05, 0.1) is 7.11 Å². The van der Waals surface area contributed by atoms with Crippen LogP contribution < -0.4 is 10.5 Å². The van der Waals surface area contributed by atoms with Crippen LogP contribution in [-0.2, 0) is 16.1 Å². The highest BCUT2D eigenvalue weighted by atomic mass is 16.5. The normalized spacial score (nSPS) is 11.9. The third-order valence-corrected chi connectivity index (χ3v) is 2.28. The smallest absolute Gasteiger partial charge is 0.323 e. The Morgan fingerprint density at radius 3 is 2.50 bits per heavy atom. The number of carbonyl (C=O) groups excluding carboxylic acids is 1. The third kappa shape index (κ3) is 3.55. The molecule has 0 radical (unpaired) electrons. The number of hydrogen-bond acceptors (Lipinski definition) is 4. The Bertz CT molecular complexity index is 335. The van der Waals surface area contributed by atoms with E-state index in [1.165, 1.54) is 0 Å². The standard InChI is InChI=1S/C12H17NO3/c1-3-11(13)12(14)16-8-9-4-6-10(15-2)7-5-9/h4-7,11H,3,8,13H2,1-2H3/t11-/m0/s1. The minimum atomic E-state index is -0.529. The second kappa shape index (κ2) is 6.12. The predicted molar refractivity (Wildman–Crippen MR) is 61.1 cm³/mol. The minimum absolute atomic E-state index is 0.247. The summed E-state index contributed by atoms with van der Waals surface area (Å²) in [6, 6.07) is 6.82. The summed E-state index contributed by atoms with van der Waals surface area (Å²) in [5, 5.41) is 0. The summed E-state index contributed by atoms with van der Waals surface area (Å²) in [7, 11) is 1.61. The zero-order chi connectivity index (χ0) is 12.0. The lowest BCUT2D eigenvalue weighted by Crippen LogP contribution is -2.31. The van der Waals surface area contributed by atoms with E-state index in [0.29, 0.717) is 6.42 Å². The molecule has 0 fully saturated rings. The Kier molecular flexibility index (Phi) is 4.79. The van der Waals surface area contributed by atoms with Crippen LogP contribution >= 0.6 is 0 Å². The second-order valence-corrected chi connectivity index (χ2v) is 3.47. The van der Waals surface area contributed by atoms with E-state index < -0.39 is 6.04 Å². The fraction of sp³-hybridized carbons (Fsp3) is 0.417. The fourth-order valence-corrected chi connectivity index (χ4v) is 1.15. The molecule has 0 aliphatic heterocycles. The summed E-state index contributed by atoms with van der Waals surface area (Å²) in [5.74, 6) is 0.415. The summed E-state index contributed by atoms with van der Waals surface area (Å²) in [6.07, 6.45) is 0.585. The fourth-order valence-electron chi connectivity index (χ4n) is 1.15. The van der Waals surface area contributed by atoms with Crippen molar-refractivity contribution < 1.29 is 14.3 Å². The van der Waals surface area contributed by atoms with Crippen molar-refractivity contribution in [1.82, 2.24) is 0 Å². The summed E-state index contributed by atoms with van der Waals surface area (Å²) in [4.78, 5) is 11.3. The van der Waals surface area contributed by atoms with Crippen molar-refractivity contribution in [3.8, 4) is 5.75 Å². The Balaban J connectivity index is 2.45. The number of carbonyl (C=O) groups is 1. The first-order chi connectivity index (χ1) is 7.67. The third-order valence-electron chi connectivity index (χ3n) is 2.28. The number of rotatable bonds is 5. The van der Waals surface area contributed by atoms with Crippen LogP contribution in [0.2, 0.25) is 0 Å². The maximum Gasteiger partial charge on any atom is 0.323 e. The van der Waals surface area contributed by atoms with E-state index in [-0.39, 0.29) is 12.6 Å². The van der Waals surface area contributed by atoms with Crippen LogP contribution in [0, 0.1) is 0 Å². The van der Waals surface area contributed by atoms with E-state index in [9.17, 15) is 4.79 Å². The lowest BCUT2D eigenvalue weighted by atomic mass is 10.2. The Labute approximate surface area is 95.3 Å². The first kappa shape index (κ1) is 12.5. The molecule has 4 heteroatoms. The maximum absolute atomic E-state index is 11.3. The average Bonchev–Trinajstić information content (AvgIpc) is 2.35. The van der Waals surface area contributed by atoms with Gasteiger partial charge in [-0.2, -0.15) is 0 Å². The van der Waals surface area contributed by atoms with Gasteiger partial charge in [0.25, 0.3) is 0 Å². The van der Waals surface area contributed by atoms with Crippen molar-refractivity contribution in [2.75, 3.05) is 7.11 Å². The number of esters is 1. The van der Waals surface area contributed by atoms with Gasteiger partial charge in [-0.25, -0.2) is 0 Å². The van der Waals surface area contributed by atoms with Crippen molar-refractivity contribution in [1.29, 1.82) is 0 Å². The zero-order valence-electron chi connectivity index (χ0n) is 9.60. The molecule has 0 heterocycles. The molecule has 88 valence electrons. The van der Waals surface area contributed by atoms with E-state index in [0.717, 1.165) is 11.3 Å². The number of hydrogen-bond donors (Lipinski definition) is 1. The zero-order valence-corrected chi connectivity index (χ0v) is 9.60. The molecule has 4 nitrogen and oxygen atoms in total. The molecule has 1 rings (SSSR count). The van der Waals surface area contributed by atoms with Crippen molar-refractivity contribution in [3.05, 3.63) is 29.8 Å². The molecular weight excluding hydrogens is 206 g/mol. The quantitative estimate of drug-likeness (QED) is 0.768. The van der Waals surface area contributed by atoms with Crippen LogP contribution in [0.25, 0.3) is 0 Å². The van der Waals surface area contributed by atoms with E-state index in [2.05, 4.69) is 0 Å². The van der Waals surface area contributed by atoms with Crippen molar-refractivity contribution in [2.45, 2.75) is 26.0 Å². The molecule has 0 aromatic heterocycles. The summed E-state index contributed by atoms with van der Waals surface area (Å²) in [6.45, 7) is 2.09. The van der Waals surface area contributed by atoms with Gasteiger partial charge < -0.3 is 15.2 Å². The first-order valence-corrected chi connectivity index (χ1v) is 5.22.